The summed E-state index contributed by atoms with van der Waals surface area (Å²) in [5.41, 5.74) is 8.02. The van der Waals surface area contributed by atoms with E-state index >= 15 is 4.39 Å². The predicted octanol–water partition coefficient (Wildman–Crippen LogP) is 3.85. The van der Waals surface area contributed by atoms with Crippen molar-refractivity contribution in [3.05, 3.63) is 41.7 Å². The number of nitrogens with one attached hydrogen (secondary N) is 2. The molecule has 10 heteroatoms. The summed E-state index contributed by atoms with van der Waals surface area (Å²) in [7, 11) is 1.59. The molecule has 1 saturated carbocycles. The molecule has 1 aliphatic carbocycles. The van der Waals surface area contributed by atoms with Crippen molar-refractivity contribution in [3.63, 3.8) is 0 Å². The number of nitrogens with zero attached hydrogens (tertiary/aromatic N) is 4. The maximum absolute atomic E-state index is 15.0. The molecule has 170 valence electrons. The third-order valence-electron chi connectivity index (χ3n) is 6.99. The molecule has 1 spiro atoms. The van der Waals surface area contributed by atoms with Crippen LogP contribution in [0.1, 0.15) is 18.5 Å². The van der Waals surface area contributed by atoms with Crippen molar-refractivity contribution in [1.29, 1.82) is 0 Å². The summed E-state index contributed by atoms with van der Waals surface area (Å²) in [4.78, 5) is 18.5. The van der Waals surface area contributed by atoms with E-state index < -0.39 is 11.6 Å². The molecule has 1 saturated heterocycles. The summed E-state index contributed by atoms with van der Waals surface area (Å²) >= 11 is 0. The van der Waals surface area contributed by atoms with E-state index in [2.05, 4.69) is 30.2 Å². The Hall–Kier alpha value is -3.53. The topological polar surface area (TPSA) is 105 Å². The average Bonchev–Trinajstić information content (AvgIpc) is 3.13. The molecule has 8 nitrogen and oxygen atoms in total. The van der Waals surface area contributed by atoms with Crippen LogP contribution in [-0.2, 0) is 0 Å². The van der Waals surface area contributed by atoms with Crippen LogP contribution < -0.4 is 20.7 Å². The summed E-state index contributed by atoms with van der Waals surface area (Å²) in [6, 6.07) is 4.74. The number of nitrogens with two attached hydrogens (primary N) is 1. The molecule has 2 aliphatic rings. The molecule has 6 rings (SSSR count). The molecule has 0 amide bonds. The highest BCUT2D eigenvalue weighted by Crippen LogP contribution is 2.50. The summed E-state index contributed by atoms with van der Waals surface area (Å²) in [6.07, 6.45) is 3.66. The Balaban J connectivity index is 1.53. The van der Waals surface area contributed by atoms with Gasteiger partial charge in [-0.1, -0.05) is 0 Å². The Bertz CT molecular complexity index is 1400. The minimum absolute atomic E-state index is 0.0755. The van der Waals surface area contributed by atoms with Crippen molar-refractivity contribution in [1.82, 2.24) is 19.9 Å². The third-order valence-corrected chi connectivity index (χ3v) is 6.99. The fourth-order valence-electron chi connectivity index (χ4n) is 4.97. The number of hydrogen-bond acceptors (Lipinski definition) is 7. The monoisotopic (exact) mass is 451 g/mol. The lowest BCUT2D eigenvalue weighted by molar-refractivity contribution is 0.0559. The van der Waals surface area contributed by atoms with Crippen molar-refractivity contribution in [3.8, 4) is 11.8 Å². The quantitative estimate of drug-likeness (QED) is 0.433. The number of halogens is 2. The van der Waals surface area contributed by atoms with E-state index in [0.29, 0.717) is 28.1 Å². The van der Waals surface area contributed by atoms with Gasteiger partial charge in [0.25, 0.3) is 0 Å². The van der Waals surface area contributed by atoms with Crippen LogP contribution in [0.4, 0.5) is 20.3 Å². The lowest BCUT2D eigenvalue weighted by Gasteiger charge is -2.60. The lowest BCUT2D eigenvalue weighted by Crippen LogP contribution is -2.69. The van der Waals surface area contributed by atoms with Crippen molar-refractivity contribution < 1.29 is 13.5 Å². The van der Waals surface area contributed by atoms with Crippen LogP contribution in [0.3, 0.4) is 0 Å². The number of pyridine rings is 1. The van der Waals surface area contributed by atoms with Gasteiger partial charge in [0, 0.05) is 43.4 Å². The molecule has 4 N–H and O–H groups in total. The lowest BCUT2D eigenvalue weighted by atomic mass is 9.60. The smallest absolute Gasteiger partial charge is 0.326 e. The van der Waals surface area contributed by atoms with Gasteiger partial charge in [0.2, 0.25) is 0 Å². The third kappa shape index (κ3) is 2.93. The highest BCUT2D eigenvalue weighted by molar-refractivity contribution is 6.15. The van der Waals surface area contributed by atoms with E-state index in [0.717, 1.165) is 37.7 Å². The van der Waals surface area contributed by atoms with Gasteiger partial charge >= 0.3 is 6.01 Å². The Labute approximate surface area is 188 Å². The maximum Gasteiger partial charge on any atom is 0.326 e. The van der Waals surface area contributed by atoms with E-state index in [1.807, 2.05) is 13.0 Å². The van der Waals surface area contributed by atoms with Crippen LogP contribution in [-0.4, -0.2) is 46.1 Å². The molecule has 3 aromatic heterocycles. The normalized spacial score (nSPS) is 19.1. The summed E-state index contributed by atoms with van der Waals surface area (Å²) in [5, 5.41) is 3.55. The summed E-state index contributed by atoms with van der Waals surface area (Å²) < 4.78 is 35.4. The summed E-state index contributed by atoms with van der Waals surface area (Å²) in [5.74, 6) is -0.339. The van der Waals surface area contributed by atoms with Crippen molar-refractivity contribution in [2.75, 3.05) is 30.4 Å². The van der Waals surface area contributed by atoms with Crippen molar-refractivity contribution in [2.24, 2.45) is 11.1 Å². The van der Waals surface area contributed by atoms with Crippen LogP contribution >= 0.6 is 0 Å². The van der Waals surface area contributed by atoms with Gasteiger partial charge in [-0.25, -0.2) is 8.78 Å². The van der Waals surface area contributed by atoms with E-state index in [-0.39, 0.29) is 28.5 Å². The van der Waals surface area contributed by atoms with Crippen molar-refractivity contribution >= 4 is 33.4 Å². The van der Waals surface area contributed by atoms with E-state index in [1.54, 1.807) is 19.3 Å². The molecular formula is C23H23F2N7O. The molecule has 4 aromatic rings. The number of fused-ring (bicyclic) bond motifs is 3. The minimum Gasteiger partial charge on any atom is -0.423 e. The number of hydrogen-bond donors (Lipinski definition) is 3. The Morgan fingerprint density at radius 2 is 2.03 bits per heavy atom. The number of ether oxygens (including phenoxy) is 1. The molecule has 2 fully saturated rings. The first-order valence-corrected chi connectivity index (χ1v) is 10.9. The SMILES string of the molecule is CNc1c(F)cc(F)c2c1[nH]c1nc(Oc3ccc(C)nc3)nc(N3CC4(CCC4N)C3)c12. The van der Waals surface area contributed by atoms with Gasteiger partial charge in [0.1, 0.15) is 23.0 Å². The van der Waals surface area contributed by atoms with Gasteiger partial charge in [-0.05, 0) is 31.9 Å². The second-order valence-corrected chi connectivity index (χ2v) is 8.99. The van der Waals surface area contributed by atoms with E-state index in [9.17, 15) is 4.39 Å². The molecule has 33 heavy (non-hydrogen) atoms. The van der Waals surface area contributed by atoms with Crippen LogP contribution in [0.15, 0.2) is 24.4 Å². The van der Waals surface area contributed by atoms with Gasteiger partial charge in [-0.2, -0.15) is 9.97 Å². The van der Waals surface area contributed by atoms with Crippen LogP contribution in [0.5, 0.6) is 11.8 Å². The van der Waals surface area contributed by atoms with Crippen molar-refractivity contribution in [2.45, 2.75) is 25.8 Å². The van der Waals surface area contributed by atoms with Gasteiger partial charge < -0.3 is 25.7 Å². The minimum atomic E-state index is -0.686. The number of H-pyrrole nitrogens is 1. The zero-order valence-corrected chi connectivity index (χ0v) is 18.2. The van der Waals surface area contributed by atoms with Crippen LogP contribution in [0.2, 0.25) is 0 Å². The first-order chi connectivity index (χ1) is 15.9. The average molecular weight is 451 g/mol. The molecule has 1 atom stereocenters. The Morgan fingerprint density at radius 1 is 1.21 bits per heavy atom. The highest BCUT2D eigenvalue weighted by Gasteiger charge is 2.54. The van der Waals surface area contributed by atoms with E-state index in [4.69, 9.17) is 10.5 Å². The molecule has 1 aliphatic heterocycles. The molecule has 0 bridgehead atoms. The van der Waals surface area contributed by atoms with Crippen LogP contribution in [0.25, 0.3) is 21.9 Å². The maximum atomic E-state index is 15.0. The standard InChI is InChI=1S/C23H23F2N7O/c1-11-3-4-12(8-28-11)33-22-30-20-17(16-13(24)7-14(25)18(27-2)19(16)29-20)21(31-22)32-9-23(10-32)6-5-15(23)26/h3-4,7-8,15,27H,5-6,9-10,26H2,1-2H3,(H,29,30,31). The molecule has 1 aromatic carbocycles. The number of anilines is 2. The first-order valence-electron chi connectivity index (χ1n) is 10.9. The van der Waals surface area contributed by atoms with Gasteiger partial charge in [-0.15, -0.1) is 0 Å². The number of aromatic amines is 1. The van der Waals surface area contributed by atoms with Gasteiger partial charge in [0.15, 0.2) is 5.82 Å². The second kappa shape index (κ2) is 6.98. The van der Waals surface area contributed by atoms with E-state index in [1.165, 1.54) is 0 Å². The molecule has 4 heterocycles. The number of aromatic nitrogens is 4. The summed E-state index contributed by atoms with van der Waals surface area (Å²) in [6.45, 7) is 3.33. The van der Waals surface area contributed by atoms with Gasteiger partial charge in [0.05, 0.1) is 28.2 Å². The first kappa shape index (κ1) is 20.1. The molecule has 0 radical (unpaired) electrons. The zero-order chi connectivity index (χ0) is 22.9. The zero-order valence-electron chi connectivity index (χ0n) is 18.2. The molecule has 1 unspecified atom stereocenters. The second-order valence-electron chi connectivity index (χ2n) is 8.99. The largest absolute Gasteiger partial charge is 0.423 e. The number of aryl methyl sites for hydroxylation is 1. The number of rotatable bonds is 4. The number of benzene rings is 1. The fourth-order valence-corrected chi connectivity index (χ4v) is 4.97. The van der Waals surface area contributed by atoms with Gasteiger partial charge in [-0.3, -0.25) is 4.98 Å². The Kier molecular flexibility index (Phi) is 4.25. The fraction of sp³-hybridized carbons (Fsp3) is 0.348. The predicted molar refractivity (Wildman–Crippen MR) is 122 cm³/mol. The molecular weight excluding hydrogens is 428 g/mol. The Morgan fingerprint density at radius 3 is 2.67 bits per heavy atom. The highest BCUT2D eigenvalue weighted by atomic mass is 19.1. The van der Waals surface area contributed by atoms with Crippen LogP contribution in [0, 0.1) is 24.0 Å².